The van der Waals surface area contributed by atoms with Gasteiger partial charge in [-0.05, 0) is 42.3 Å². The van der Waals surface area contributed by atoms with E-state index < -0.39 is 0 Å². The maximum absolute atomic E-state index is 12.1. The highest BCUT2D eigenvalue weighted by atomic mass is 35.5. The van der Waals surface area contributed by atoms with Crippen LogP contribution >= 0.6 is 11.6 Å². The predicted molar refractivity (Wildman–Crippen MR) is 103 cm³/mol. The number of fused-ring (bicyclic) bond motifs is 1. The van der Waals surface area contributed by atoms with E-state index in [0.717, 1.165) is 11.3 Å². The first-order valence-electron chi connectivity index (χ1n) is 8.36. The molecule has 2 aromatic rings. The minimum atomic E-state index is -0.165. The molecule has 6 nitrogen and oxygen atoms in total. The third-order valence-corrected chi connectivity index (χ3v) is 4.51. The van der Waals surface area contributed by atoms with Gasteiger partial charge in [-0.15, -0.1) is 0 Å². The summed E-state index contributed by atoms with van der Waals surface area (Å²) in [4.78, 5) is 20.4. The maximum Gasteiger partial charge on any atom is 0.251 e. The van der Waals surface area contributed by atoms with Gasteiger partial charge in [0.05, 0.1) is 12.2 Å². The second kappa shape index (κ2) is 6.96. The highest BCUT2D eigenvalue weighted by molar-refractivity contribution is 6.28. The molecular formula is C19H21ClN4O2. The minimum Gasteiger partial charge on any atom is -0.494 e. The molecule has 136 valence electrons. The summed E-state index contributed by atoms with van der Waals surface area (Å²) in [6.45, 7) is 11.1. The molecule has 1 aliphatic rings. The number of carbonyl (C=O) groups excluding carboxylic acids is 1. The fraction of sp³-hybridized carbons (Fsp3) is 0.316. The Morgan fingerprint density at radius 2 is 2.23 bits per heavy atom. The van der Waals surface area contributed by atoms with Crippen molar-refractivity contribution in [3.8, 4) is 0 Å². The van der Waals surface area contributed by atoms with E-state index in [0.29, 0.717) is 35.9 Å². The Labute approximate surface area is 157 Å². The quantitative estimate of drug-likeness (QED) is 0.615. The molecule has 0 aliphatic carbocycles. The molecule has 0 saturated heterocycles. The summed E-state index contributed by atoms with van der Waals surface area (Å²) in [6.07, 6.45) is 1.57. The van der Waals surface area contributed by atoms with Crippen LogP contribution < -0.4 is 10.6 Å². The van der Waals surface area contributed by atoms with Gasteiger partial charge < -0.3 is 15.4 Å². The number of hydrogen-bond acceptors (Lipinski definition) is 5. The van der Waals surface area contributed by atoms with Gasteiger partial charge in [0.15, 0.2) is 0 Å². The summed E-state index contributed by atoms with van der Waals surface area (Å²) in [7, 11) is 0. The zero-order valence-electron chi connectivity index (χ0n) is 15.0. The van der Waals surface area contributed by atoms with Crippen LogP contribution in [0.3, 0.4) is 0 Å². The van der Waals surface area contributed by atoms with Gasteiger partial charge in [-0.1, -0.05) is 20.4 Å². The number of benzene rings is 1. The number of halogens is 1. The number of aromatic nitrogens is 2. The van der Waals surface area contributed by atoms with Crippen molar-refractivity contribution in [2.45, 2.75) is 26.2 Å². The molecular weight excluding hydrogens is 352 g/mol. The lowest BCUT2D eigenvalue weighted by Gasteiger charge is -2.32. The lowest BCUT2D eigenvalue weighted by Crippen LogP contribution is -2.43. The van der Waals surface area contributed by atoms with Gasteiger partial charge in [-0.25, -0.2) is 4.98 Å². The van der Waals surface area contributed by atoms with E-state index >= 15 is 0 Å². The van der Waals surface area contributed by atoms with Crippen molar-refractivity contribution in [2.75, 3.05) is 18.5 Å². The lowest BCUT2D eigenvalue weighted by atomic mass is 9.79. The molecule has 0 saturated carbocycles. The Morgan fingerprint density at radius 3 is 2.96 bits per heavy atom. The van der Waals surface area contributed by atoms with E-state index in [9.17, 15) is 4.79 Å². The van der Waals surface area contributed by atoms with Crippen molar-refractivity contribution >= 4 is 34.8 Å². The minimum absolute atomic E-state index is 0.0543. The van der Waals surface area contributed by atoms with Gasteiger partial charge in [-0.2, -0.15) is 4.98 Å². The molecule has 26 heavy (non-hydrogen) atoms. The monoisotopic (exact) mass is 372 g/mol. The average molecular weight is 373 g/mol. The van der Waals surface area contributed by atoms with E-state index in [1.54, 1.807) is 6.20 Å². The summed E-state index contributed by atoms with van der Waals surface area (Å²) >= 11 is 5.96. The molecule has 1 aromatic carbocycles. The van der Waals surface area contributed by atoms with Gasteiger partial charge >= 0.3 is 0 Å². The number of nitrogens with zero attached hydrogens (tertiary/aromatic N) is 2. The second-order valence-corrected chi connectivity index (χ2v) is 7.05. The molecule has 0 radical (unpaired) electrons. The van der Waals surface area contributed by atoms with Gasteiger partial charge in [0.2, 0.25) is 5.28 Å². The Balaban J connectivity index is 1.99. The molecule has 1 aliphatic heterocycles. The van der Waals surface area contributed by atoms with Crippen molar-refractivity contribution < 1.29 is 9.53 Å². The normalized spacial score (nSPS) is 15.0. The molecule has 0 spiro atoms. The van der Waals surface area contributed by atoms with E-state index in [4.69, 9.17) is 16.3 Å². The largest absolute Gasteiger partial charge is 0.494 e. The van der Waals surface area contributed by atoms with Crippen LogP contribution in [-0.2, 0) is 10.2 Å². The summed E-state index contributed by atoms with van der Waals surface area (Å²) in [5, 5.41) is 6.29. The molecule has 3 rings (SSSR count). The number of amides is 1. The number of nitrogens with one attached hydrogen (secondary N) is 2. The number of anilines is 2. The Hall–Kier alpha value is -2.60. The van der Waals surface area contributed by atoms with Crippen LogP contribution in [0.2, 0.25) is 5.28 Å². The smallest absolute Gasteiger partial charge is 0.251 e. The van der Waals surface area contributed by atoms with Crippen LogP contribution in [-0.4, -0.2) is 29.0 Å². The first-order chi connectivity index (χ1) is 12.3. The third kappa shape index (κ3) is 3.51. The molecule has 0 bridgehead atoms. The van der Waals surface area contributed by atoms with Crippen LogP contribution in [0.25, 0.3) is 5.76 Å². The van der Waals surface area contributed by atoms with Gasteiger partial charge in [0, 0.05) is 29.4 Å². The Morgan fingerprint density at radius 1 is 1.46 bits per heavy atom. The average Bonchev–Trinajstić information content (AvgIpc) is 2.59. The first-order valence-corrected chi connectivity index (χ1v) is 8.74. The summed E-state index contributed by atoms with van der Waals surface area (Å²) < 4.78 is 5.47. The molecule has 1 aromatic heterocycles. The van der Waals surface area contributed by atoms with Crippen LogP contribution in [0.4, 0.5) is 11.5 Å². The van der Waals surface area contributed by atoms with Crippen LogP contribution in [0, 0.1) is 0 Å². The van der Waals surface area contributed by atoms with Crippen molar-refractivity contribution in [1.82, 2.24) is 15.3 Å². The van der Waals surface area contributed by atoms with Crippen LogP contribution in [0.1, 0.15) is 42.3 Å². The fourth-order valence-electron chi connectivity index (χ4n) is 2.92. The van der Waals surface area contributed by atoms with Gasteiger partial charge in [-0.3, -0.25) is 4.79 Å². The van der Waals surface area contributed by atoms with Crippen LogP contribution in [0.15, 0.2) is 31.0 Å². The standard InChI is InChI=1S/C19H21ClN4O2/c1-5-26-11(2)14-9-21-18(20)24-16(14)23-12-6-7-13-15(8-12)19(3,4)10-22-17(13)25/h6-9H,2,5,10H2,1,3-4H3,(H,22,25)(H,21,23,24). The summed E-state index contributed by atoms with van der Waals surface area (Å²) in [5.41, 5.74) is 2.93. The Bertz CT molecular complexity index is 880. The fourth-order valence-corrected chi connectivity index (χ4v) is 3.05. The lowest BCUT2D eigenvalue weighted by molar-refractivity contribution is 0.0930. The van der Waals surface area contributed by atoms with Gasteiger partial charge in [0.1, 0.15) is 11.6 Å². The molecule has 0 unspecified atom stereocenters. The van der Waals surface area contributed by atoms with E-state index in [1.807, 2.05) is 25.1 Å². The van der Waals surface area contributed by atoms with Crippen molar-refractivity contribution in [3.63, 3.8) is 0 Å². The summed E-state index contributed by atoms with van der Waals surface area (Å²) in [5.74, 6) is 0.909. The summed E-state index contributed by atoms with van der Waals surface area (Å²) in [6, 6.07) is 5.62. The number of hydrogen-bond donors (Lipinski definition) is 2. The molecule has 1 amide bonds. The topological polar surface area (TPSA) is 76.1 Å². The highest BCUT2D eigenvalue weighted by Gasteiger charge is 2.31. The zero-order valence-corrected chi connectivity index (χ0v) is 15.8. The number of rotatable bonds is 5. The Kier molecular flexibility index (Phi) is 4.87. The molecule has 2 N–H and O–H groups in total. The highest BCUT2D eigenvalue weighted by Crippen LogP contribution is 2.33. The van der Waals surface area contributed by atoms with Crippen molar-refractivity contribution in [2.24, 2.45) is 0 Å². The van der Waals surface area contributed by atoms with Crippen molar-refractivity contribution in [1.29, 1.82) is 0 Å². The predicted octanol–water partition coefficient (Wildman–Crippen LogP) is 3.90. The SMILES string of the molecule is C=C(OCC)c1cnc(Cl)nc1Nc1ccc2c(c1)C(C)(C)CNC2=O. The first kappa shape index (κ1) is 18.2. The maximum atomic E-state index is 12.1. The van der Waals surface area contributed by atoms with E-state index in [1.165, 1.54) is 0 Å². The molecule has 7 heteroatoms. The second-order valence-electron chi connectivity index (χ2n) is 6.71. The molecule has 0 atom stereocenters. The number of ether oxygens (including phenoxy) is 1. The van der Waals surface area contributed by atoms with Gasteiger partial charge in [0.25, 0.3) is 5.91 Å². The van der Waals surface area contributed by atoms with Crippen molar-refractivity contribution in [3.05, 3.63) is 52.9 Å². The third-order valence-electron chi connectivity index (χ3n) is 4.33. The van der Waals surface area contributed by atoms with E-state index in [-0.39, 0.29) is 16.6 Å². The number of carbonyl (C=O) groups is 1. The molecule has 2 heterocycles. The van der Waals surface area contributed by atoms with Crippen LogP contribution in [0.5, 0.6) is 0 Å². The van der Waals surface area contributed by atoms with E-state index in [2.05, 4.69) is 41.0 Å². The zero-order chi connectivity index (χ0) is 18.9. The molecule has 0 fully saturated rings.